The Hall–Kier alpha value is -4.09. The molecule has 0 saturated carbocycles. The van der Waals surface area contributed by atoms with Crippen LogP contribution in [0.1, 0.15) is 51.8 Å². The number of pyridine rings is 1. The van der Waals surface area contributed by atoms with Crippen molar-refractivity contribution in [2.45, 2.75) is 66.2 Å². The minimum absolute atomic E-state index is 0.264. The fourth-order valence-corrected chi connectivity index (χ4v) is 4.95. The van der Waals surface area contributed by atoms with Crippen molar-refractivity contribution in [1.82, 2.24) is 39.2 Å². The first-order chi connectivity index (χ1) is 19.1. The van der Waals surface area contributed by atoms with E-state index in [4.69, 9.17) is 14.5 Å². The molecule has 1 fully saturated rings. The van der Waals surface area contributed by atoms with Crippen LogP contribution in [-0.4, -0.2) is 70.6 Å². The fraction of sp³-hybridized carbons (Fsp3) is 0.500. The van der Waals surface area contributed by atoms with Gasteiger partial charge in [0.1, 0.15) is 22.8 Å². The molecule has 0 radical (unpaired) electrons. The van der Waals surface area contributed by atoms with E-state index in [0.29, 0.717) is 61.0 Å². The number of imidazole rings is 1. The van der Waals surface area contributed by atoms with E-state index in [9.17, 15) is 9.18 Å². The summed E-state index contributed by atoms with van der Waals surface area (Å²) in [7, 11) is 0. The lowest BCUT2D eigenvalue weighted by atomic mass is 9.98. The van der Waals surface area contributed by atoms with Crippen molar-refractivity contribution in [3.05, 3.63) is 47.9 Å². The van der Waals surface area contributed by atoms with Gasteiger partial charge in [-0.25, -0.2) is 14.2 Å². The van der Waals surface area contributed by atoms with Crippen molar-refractivity contribution in [1.29, 1.82) is 0 Å². The summed E-state index contributed by atoms with van der Waals surface area (Å²) >= 11 is 0. The third-order valence-corrected chi connectivity index (χ3v) is 6.63. The molecule has 5 heterocycles. The number of hydrogen-bond donors (Lipinski definition) is 0. The smallest absolute Gasteiger partial charge is 0.410 e. The molecule has 1 amide bonds. The number of carbonyl (C=O) groups is 1. The first-order valence-electron chi connectivity index (χ1n) is 13.6. The summed E-state index contributed by atoms with van der Waals surface area (Å²) in [5.74, 6) is 0.344. The average molecular weight is 551 g/mol. The molecule has 0 spiro atoms. The molecule has 1 aliphatic rings. The van der Waals surface area contributed by atoms with Gasteiger partial charge in [-0.05, 0) is 59.4 Å². The average Bonchev–Trinajstić information content (AvgIpc) is 3.48. The number of piperidine rings is 1. The molecular weight excluding hydrogens is 515 g/mol. The van der Waals surface area contributed by atoms with Gasteiger partial charge in [0, 0.05) is 43.2 Å². The van der Waals surface area contributed by atoms with Crippen LogP contribution in [0.5, 0.6) is 6.01 Å². The molecule has 0 N–H and O–H groups in total. The highest BCUT2D eigenvalue weighted by molar-refractivity contribution is 5.79. The van der Waals surface area contributed by atoms with Crippen LogP contribution in [-0.2, 0) is 17.8 Å². The number of carbonyl (C=O) groups excluding carboxylic acids is 1. The number of likely N-dealkylation sites (tertiary alicyclic amines) is 1. The first-order valence-corrected chi connectivity index (χ1v) is 13.6. The molecule has 1 saturated heterocycles. The van der Waals surface area contributed by atoms with E-state index in [2.05, 4.69) is 20.1 Å². The second kappa shape index (κ2) is 11.2. The summed E-state index contributed by atoms with van der Waals surface area (Å²) < 4.78 is 29.1. The molecule has 0 aliphatic carbocycles. The number of aryl methyl sites for hydroxylation is 1. The van der Waals surface area contributed by atoms with Gasteiger partial charge in [-0.1, -0.05) is 0 Å². The molecule has 0 bridgehead atoms. The Labute approximate surface area is 232 Å². The van der Waals surface area contributed by atoms with E-state index in [1.165, 1.54) is 6.07 Å². The number of rotatable bonds is 7. The van der Waals surface area contributed by atoms with E-state index < -0.39 is 11.4 Å². The van der Waals surface area contributed by atoms with Crippen LogP contribution in [0.2, 0.25) is 0 Å². The lowest BCUT2D eigenvalue weighted by molar-refractivity contribution is 0.0155. The lowest BCUT2D eigenvalue weighted by Crippen LogP contribution is -2.43. The zero-order valence-corrected chi connectivity index (χ0v) is 23.6. The third kappa shape index (κ3) is 6.21. The molecular formula is C28H35FN8O3. The highest BCUT2D eigenvalue weighted by atomic mass is 19.1. The van der Waals surface area contributed by atoms with Crippen LogP contribution in [0.15, 0.2) is 30.9 Å². The minimum atomic E-state index is -0.522. The number of halogens is 1. The summed E-state index contributed by atoms with van der Waals surface area (Å²) in [6, 6.07) is 1.67. The van der Waals surface area contributed by atoms with Gasteiger partial charge < -0.3 is 18.9 Å². The van der Waals surface area contributed by atoms with Crippen LogP contribution in [0, 0.1) is 18.7 Å². The second-order valence-corrected chi connectivity index (χ2v) is 11.1. The molecule has 0 aromatic carbocycles. The highest BCUT2D eigenvalue weighted by Gasteiger charge is 2.28. The molecule has 212 valence electrons. The summed E-state index contributed by atoms with van der Waals surface area (Å²) in [6.07, 6.45) is 8.20. The van der Waals surface area contributed by atoms with Crippen molar-refractivity contribution >= 4 is 17.3 Å². The second-order valence-electron chi connectivity index (χ2n) is 11.1. The largest absolute Gasteiger partial charge is 0.464 e. The summed E-state index contributed by atoms with van der Waals surface area (Å²) in [6.45, 7) is 12.2. The fourth-order valence-electron chi connectivity index (χ4n) is 4.95. The van der Waals surface area contributed by atoms with Crippen molar-refractivity contribution in [3.8, 4) is 17.4 Å². The maximum Gasteiger partial charge on any atom is 0.410 e. The van der Waals surface area contributed by atoms with E-state index in [0.717, 1.165) is 24.6 Å². The standard InChI is InChI=1S/C28H35FN8O3/c1-6-39-26-32-18(2)23-25(34-26)37(24(33-23)21-10-22(29)13-30-12-21)17-20-11-31-36(16-20)15-19-8-7-9-35(14-19)27(38)40-28(3,4)5/h10-13,16,19H,6-9,14-15,17H2,1-5H3. The van der Waals surface area contributed by atoms with Gasteiger partial charge >= 0.3 is 12.1 Å². The number of nitrogens with zero attached hydrogens (tertiary/aromatic N) is 8. The molecule has 4 aromatic heterocycles. The Morgan fingerprint density at radius 1 is 1.18 bits per heavy atom. The van der Waals surface area contributed by atoms with Crippen molar-refractivity contribution < 1.29 is 18.7 Å². The molecule has 1 atom stereocenters. The first kappa shape index (κ1) is 27.5. The molecule has 12 heteroatoms. The van der Waals surface area contributed by atoms with Crippen LogP contribution >= 0.6 is 0 Å². The van der Waals surface area contributed by atoms with Gasteiger partial charge in [0.2, 0.25) is 0 Å². The van der Waals surface area contributed by atoms with Crippen molar-refractivity contribution in [2.75, 3.05) is 19.7 Å². The van der Waals surface area contributed by atoms with Gasteiger partial charge in [0.15, 0.2) is 5.65 Å². The minimum Gasteiger partial charge on any atom is -0.464 e. The Kier molecular flexibility index (Phi) is 7.68. The van der Waals surface area contributed by atoms with Gasteiger partial charge in [-0.2, -0.15) is 15.1 Å². The topological polar surface area (TPSA) is 113 Å². The number of hydrogen-bond acceptors (Lipinski definition) is 8. The Morgan fingerprint density at radius 2 is 2.00 bits per heavy atom. The number of fused-ring (bicyclic) bond motifs is 1. The molecule has 1 unspecified atom stereocenters. The molecule has 40 heavy (non-hydrogen) atoms. The van der Waals surface area contributed by atoms with E-state index in [1.807, 2.05) is 56.3 Å². The van der Waals surface area contributed by atoms with Crippen LogP contribution in [0.3, 0.4) is 0 Å². The zero-order valence-electron chi connectivity index (χ0n) is 23.6. The van der Waals surface area contributed by atoms with Crippen LogP contribution in [0.25, 0.3) is 22.6 Å². The lowest BCUT2D eigenvalue weighted by Gasteiger charge is -2.34. The Morgan fingerprint density at radius 3 is 2.75 bits per heavy atom. The monoisotopic (exact) mass is 550 g/mol. The number of aromatic nitrogens is 7. The Balaban J connectivity index is 1.39. The maximum absolute atomic E-state index is 14.1. The van der Waals surface area contributed by atoms with E-state index in [1.54, 1.807) is 11.1 Å². The summed E-state index contributed by atoms with van der Waals surface area (Å²) in [5, 5.41) is 4.60. The van der Waals surface area contributed by atoms with Gasteiger partial charge in [-0.3, -0.25) is 9.67 Å². The third-order valence-electron chi connectivity index (χ3n) is 6.63. The van der Waals surface area contributed by atoms with E-state index >= 15 is 0 Å². The predicted octanol–water partition coefficient (Wildman–Crippen LogP) is 4.63. The molecule has 5 rings (SSSR count). The maximum atomic E-state index is 14.1. The summed E-state index contributed by atoms with van der Waals surface area (Å²) in [5.41, 5.74) is 2.81. The number of amides is 1. The normalized spacial score (nSPS) is 15.9. The zero-order chi connectivity index (χ0) is 28.4. The van der Waals surface area contributed by atoms with Crippen molar-refractivity contribution in [3.63, 3.8) is 0 Å². The highest BCUT2D eigenvalue weighted by Crippen LogP contribution is 2.28. The van der Waals surface area contributed by atoms with Crippen LogP contribution < -0.4 is 4.74 Å². The van der Waals surface area contributed by atoms with Gasteiger partial charge in [-0.15, -0.1) is 0 Å². The number of ether oxygens (including phenoxy) is 2. The van der Waals surface area contributed by atoms with Crippen LogP contribution in [0.4, 0.5) is 9.18 Å². The van der Waals surface area contributed by atoms with E-state index in [-0.39, 0.29) is 18.0 Å². The van der Waals surface area contributed by atoms with Crippen molar-refractivity contribution in [2.24, 2.45) is 5.92 Å². The Bertz CT molecular complexity index is 1510. The quantitative estimate of drug-likeness (QED) is 0.327. The molecule has 4 aromatic rings. The van der Waals surface area contributed by atoms with Gasteiger partial charge in [0.05, 0.1) is 31.2 Å². The molecule has 11 nitrogen and oxygen atoms in total. The summed E-state index contributed by atoms with van der Waals surface area (Å²) in [4.78, 5) is 32.2. The SMILES string of the molecule is CCOc1nc(C)c2nc(-c3cncc(F)c3)n(Cc3cnn(CC4CCCN(C(=O)OC(C)(C)C)C4)c3)c2n1. The molecule has 1 aliphatic heterocycles. The predicted molar refractivity (Wildman–Crippen MR) is 146 cm³/mol. The van der Waals surface area contributed by atoms with Gasteiger partial charge in [0.25, 0.3) is 0 Å².